The molecule has 0 saturated carbocycles. The van der Waals surface area contributed by atoms with E-state index in [1.807, 2.05) is 6.26 Å². The minimum Gasteiger partial charge on any atom is -0.493 e. The Kier molecular flexibility index (Phi) is 7.51. The number of nitro groups is 1. The van der Waals surface area contributed by atoms with Gasteiger partial charge in [0.15, 0.2) is 22.3 Å². The second-order valence-electron chi connectivity index (χ2n) is 7.48. The molecule has 0 radical (unpaired) electrons. The number of nitro benzene ring substituents is 1. The molecule has 13 nitrogen and oxygen atoms in total. The predicted octanol–water partition coefficient (Wildman–Crippen LogP) is 1.74. The Morgan fingerprint density at radius 3 is 2.60 bits per heavy atom. The molecule has 35 heavy (non-hydrogen) atoms. The smallest absolute Gasteiger partial charge is 0.286 e. The van der Waals surface area contributed by atoms with Crippen LogP contribution in [-0.2, 0) is 11.3 Å². The fraction of sp³-hybridized carbons (Fsp3) is 0.429. The van der Waals surface area contributed by atoms with Gasteiger partial charge in [-0.2, -0.15) is 5.10 Å². The summed E-state index contributed by atoms with van der Waals surface area (Å²) in [6.07, 6.45) is 3.62. The molecule has 1 aromatic carbocycles. The average Bonchev–Trinajstić information content (AvgIpc) is 3.30. The van der Waals surface area contributed by atoms with Crippen molar-refractivity contribution < 1.29 is 23.9 Å². The molecule has 0 atom stereocenters. The molecule has 186 valence electrons. The van der Waals surface area contributed by atoms with Crippen molar-refractivity contribution >= 4 is 40.2 Å². The van der Waals surface area contributed by atoms with Crippen LogP contribution in [0, 0.1) is 10.1 Å². The molecule has 2 aromatic heterocycles. The first-order valence-corrected chi connectivity index (χ1v) is 12.0. The monoisotopic (exact) mass is 503 g/mol. The lowest BCUT2D eigenvalue weighted by molar-refractivity contribution is -0.385. The molecule has 1 N–H and O–H groups in total. The van der Waals surface area contributed by atoms with Crippen molar-refractivity contribution in [3.63, 3.8) is 0 Å². The summed E-state index contributed by atoms with van der Waals surface area (Å²) in [5, 5.41) is 20.1. The summed E-state index contributed by atoms with van der Waals surface area (Å²) in [4.78, 5) is 35.1. The lowest BCUT2D eigenvalue weighted by atomic mass is 10.1. The number of anilines is 1. The van der Waals surface area contributed by atoms with Crippen LogP contribution in [0.25, 0.3) is 11.0 Å². The number of nitrogens with zero attached hydrogens (tertiary/aromatic N) is 6. The van der Waals surface area contributed by atoms with Gasteiger partial charge in [0.05, 0.1) is 56.6 Å². The average molecular weight is 504 g/mol. The van der Waals surface area contributed by atoms with Crippen molar-refractivity contribution in [2.45, 2.75) is 11.7 Å². The van der Waals surface area contributed by atoms with Crippen LogP contribution in [0.1, 0.15) is 10.4 Å². The Morgan fingerprint density at radius 1 is 1.23 bits per heavy atom. The first-order valence-electron chi connectivity index (χ1n) is 10.8. The lowest BCUT2D eigenvalue weighted by Gasteiger charge is -2.28. The number of hydrogen-bond acceptors (Lipinski definition) is 11. The second kappa shape index (κ2) is 10.7. The van der Waals surface area contributed by atoms with E-state index in [0.717, 1.165) is 24.3 Å². The summed E-state index contributed by atoms with van der Waals surface area (Å²) in [7, 11) is 2.76. The van der Waals surface area contributed by atoms with Gasteiger partial charge >= 0.3 is 0 Å². The van der Waals surface area contributed by atoms with Gasteiger partial charge in [-0.3, -0.25) is 14.9 Å². The number of hydrogen-bond donors (Lipinski definition) is 1. The number of thioether (sulfide) groups is 1. The normalized spacial score (nSPS) is 13.6. The summed E-state index contributed by atoms with van der Waals surface area (Å²) in [5.74, 6) is 0.582. The molecule has 1 amide bonds. The van der Waals surface area contributed by atoms with Crippen LogP contribution >= 0.6 is 11.8 Å². The fourth-order valence-corrected chi connectivity index (χ4v) is 4.12. The molecule has 1 fully saturated rings. The van der Waals surface area contributed by atoms with Crippen molar-refractivity contribution in [3.8, 4) is 11.5 Å². The highest BCUT2D eigenvalue weighted by Gasteiger charge is 2.25. The molecule has 1 aliphatic rings. The molecule has 0 aliphatic carbocycles. The number of methoxy groups -OCH3 is 2. The maximum absolute atomic E-state index is 12.8. The maximum Gasteiger partial charge on any atom is 0.286 e. The van der Waals surface area contributed by atoms with E-state index in [9.17, 15) is 14.9 Å². The number of amides is 1. The Hall–Kier alpha value is -3.65. The van der Waals surface area contributed by atoms with Crippen molar-refractivity contribution in [3.05, 3.63) is 34.0 Å². The molecule has 1 saturated heterocycles. The predicted molar refractivity (Wildman–Crippen MR) is 129 cm³/mol. The lowest BCUT2D eigenvalue weighted by Crippen LogP contribution is -2.37. The maximum atomic E-state index is 12.8. The van der Waals surface area contributed by atoms with Gasteiger partial charge in [-0.15, -0.1) is 0 Å². The second-order valence-corrected chi connectivity index (χ2v) is 8.25. The standard InChI is InChI=1S/C21H25N7O6S/c1-32-16-10-13(15(28(30)31)11-17(16)33-2)20(29)22-4-5-27-19-14(12-23-27)18(24-21(25-19)35-3)26-6-8-34-9-7-26/h10-12H,4-9H2,1-3H3,(H,22,29). The van der Waals surface area contributed by atoms with Gasteiger partial charge in [-0.25, -0.2) is 14.6 Å². The van der Waals surface area contributed by atoms with Gasteiger partial charge < -0.3 is 24.4 Å². The molecule has 4 rings (SSSR count). The summed E-state index contributed by atoms with van der Waals surface area (Å²) in [5.41, 5.74) is 0.147. The van der Waals surface area contributed by atoms with Crippen molar-refractivity contribution in [2.75, 3.05) is 58.2 Å². The van der Waals surface area contributed by atoms with Crippen LogP contribution in [-0.4, -0.2) is 83.9 Å². The fourth-order valence-electron chi connectivity index (χ4n) is 3.76. The molecule has 3 heterocycles. The molecule has 0 spiro atoms. The van der Waals surface area contributed by atoms with Crippen molar-refractivity contribution in [1.82, 2.24) is 25.1 Å². The topological polar surface area (TPSA) is 147 Å². The van der Waals surface area contributed by atoms with E-state index in [0.29, 0.717) is 30.6 Å². The van der Waals surface area contributed by atoms with E-state index in [-0.39, 0.29) is 29.3 Å². The summed E-state index contributed by atoms with van der Waals surface area (Å²) in [6, 6.07) is 2.46. The highest BCUT2D eigenvalue weighted by molar-refractivity contribution is 7.98. The van der Waals surface area contributed by atoms with Gasteiger partial charge in [-0.05, 0) is 6.26 Å². The number of carbonyl (C=O) groups is 1. The number of nitrogens with one attached hydrogen (secondary N) is 1. The molecule has 14 heteroatoms. The number of fused-ring (bicyclic) bond motifs is 1. The molecular formula is C21H25N7O6S. The van der Waals surface area contributed by atoms with Gasteiger partial charge in [-0.1, -0.05) is 11.8 Å². The number of morpholine rings is 1. The Bertz CT molecular complexity index is 1240. The van der Waals surface area contributed by atoms with E-state index in [1.54, 1.807) is 10.9 Å². The van der Waals surface area contributed by atoms with E-state index in [2.05, 4.69) is 25.3 Å². The largest absolute Gasteiger partial charge is 0.493 e. The molecular weight excluding hydrogens is 478 g/mol. The number of aromatic nitrogens is 4. The Morgan fingerprint density at radius 2 is 1.94 bits per heavy atom. The number of ether oxygens (including phenoxy) is 3. The van der Waals surface area contributed by atoms with Crippen molar-refractivity contribution in [2.24, 2.45) is 0 Å². The minimum absolute atomic E-state index is 0.125. The third-order valence-corrected chi connectivity index (χ3v) is 6.05. The summed E-state index contributed by atoms with van der Waals surface area (Å²) < 4.78 is 17.4. The minimum atomic E-state index is -0.633. The zero-order valence-corrected chi connectivity index (χ0v) is 20.3. The zero-order valence-electron chi connectivity index (χ0n) is 19.5. The van der Waals surface area contributed by atoms with Gasteiger partial charge in [0.25, 0.3) is 11.6 Å². The van der Waals surface area contributed by atoms with Crippen molar-refractivity contribution in [1.29, 1.82) is 0 Å². The third-order valence-electron chi connectivity index (χ3n) is 5.50. The van der Waals surface area contributed by atoms with E-state index < -0.39 is 10.8 Å². The highest BCUT2D eigenvalue weighted by Crippen LogP contribution is 2.34. The van der Waals surface area contributed by atoms with Crippen LogP contribution in [0.2, 0.25) is 0 Å². The van der Waals surface area contributed by atoms with Gasteiger partial charge in [0.2, 0.25) is 0 Å². The number of benzene rings is 1. The Balaban J connectivity index is 1.54. The highest BCUT2D eigenvalue weighted by atomic mass is 32.2. The van der Waals surface area contributed by atoms with E-state index in [4.69, 9.17) is 14.2 Å². The zero-order chi connectivity index (χ0) is 24.9. The van der Waals surface area contributed by atoms with Crippen LogP contribution < -0.4 is 19.7 Å². The molecule has 3 aromatic rings. The molecule has 1 aliphatic heterocycles. The quantitative estimate of drug-likeness (QED) is 0.197. The van der Waals surface area contributed by atoms with E-state index >= 15 is 0 Å². The van der Waals surface area contributed by atoms with Gasteiger partial charge in [0, 0.05) is 25.7 Å². The third kappa shape index (κ3) is 5.07. The first-order chi connectivity index (χ1) is 17.0. The SMILES string of the molecule is COc1cc(C(=O)NCCn2ncc3c(N4CCOCC4)nc(SC)nc32)c([N+](=O)[O-])cc1OC. The van der Waals surface area contributed by atoms with Crippen LogP contribution in [0.5, 0.6) is 11.5 Å². The Labute approximate surface area is 204 Å². The number of rotatable bonds is 9. The molecule has 0 bridgehead atoms. The summed E-state index contributed by atoms with van der Waals surface area (Å²) >= 11 is 1.43. The van der Waals surface area contributed by atoms with Gasteiger partial charge in [0.1, 0.15) is 11.4 Å². The van der Waals surface area contributed by atoms with Crippen LogP contribution in [0.3, 0.4) is 0 Å². The number of carbonyl (C=O) groups excluding carboxylic acids is 1. The van der Waals surface area contributed by atoms with Crippen LogP contribution in [0.15, 0.2) is 23.5 Å². The summed E-state index contributed by atoms with van der Waals surface area (Å²) in [6.45, 7) is 3.19. The molecule has 0 unspecified atom stereocenters. The van der Waals surface area contributed by atoms with Crippen LogP contribution in [0.4, 0.5) is 11.5 Å². The first kappa shape index (κ1) is 24.5. The van der Waals surface area contributed by atoms with E-state index in [1.165, 1.54) is 38.1 Å².